The summed E-state index contributed by atoms with van der Waals surface area (Å²) < 4.78 is 136. The molecule has 0 aromatic carbocycles. The van der Waals surface area contributed by atoms with Gasteiger partial charge >= 0.3 is 81.7 Å². The summed E-state index contributed by atoms with van der Waals surface area (Å²) >= 11 is 1.16. The zero-order valence-electron chi connectivity index (χ0n) is 14.7. The van der Waals surface area contributed by atoms with Gasteiger partial charge in [0, 0.05) is 0 Å². The summed E-state index contributed by atoms with van der Waals surface area (Å²) in [6.07, 6.45) is -29.8. The molecule has 0 atom stereocenters. The van der Waals surface area contributed by atoms with Crippen molar-refractivity contribution < 1.29 is 83.8 Å². The van der Waals surface area contributed by atoms with Crippen LogP contribution in [-0.2, 0) is 20.9 Å². The largest absolute Gasteiger partial charge is 0.423 e. The van der Waals surface area contributed by atoms with Gasteiger partial charge in [-0.15, -0.1) is 0 Å². The van der Waals surface area contributed by atoms with Crippen LogP contribution in [0.1, 0.15) is 27.2 Å². The monoisotopic (exact) mass is 617 g/mol. The van der Waals surface area contributed by atoms with Crippen LogP contribution in [0.3, 0.4) is 0 Å². The predicted octanol–water partition coefficient (Wildman–Crippen LogP) is 5.30. The summed E-state index contributed by atoms with van der Waals surface area (Å²) in [5.41, 5.74) is 0.258. The molecule has 0 saturated carbocycles. The van der Waals surface area contributed by atoms with Crippen LogP contribution in [0.5, 0.6) is 0 Å². The van der Waals surface area contributed by atoms with Gasteiger partial charge in [-0.05, 0) is 0 Å². The summed E-state index contributed by atoms with van der Waals surface area (Å²) in [6, 6.07) is 0. The van der Waals surface area contributed by atoms with Crippen molar-refractivity contribution in [1.82, 2.24) is 0 Å². The van der Waals surface area contributed by atoms with Gasteiger partial charge in [0.25, 0.3) is 0 Å². The van der Waals surface area contributed by atoms with Gasteiger partial charge in [-0.2, -0.15) is 52.7 Å². The fourth-order valence-electron chi connectivity index (χ4n) is 0.442. The van der Waals surface area contributed by atoms with Crippen LogP contribution in [0.25, 0.3) is 0 Å². The fourth-order valence-corrected chi connectivity index (χ4v) is 0.950. The molecule has 3 nitrogen and oxygen atoms in total. The van der Waals surface area contributed by atoms with Crippen molar-refractivity contribution in [2.24, 2.45) is 3.34 Å². The third-order valence-electron chi connectivity index (χ3n) is 2.38. The molecular weight excluding hydrogens is 599 g/mol. The van der Waals surface area contributed by atoms with Crippen molar-refractivity contribution in [2.75, 3.05) is 0 Å². The van der Waals surface area contributed by atoms with Gasteiger partial charge in [-0.25, -0.2) is 0 Å². The molecular formula is C12H18F12NO2Ta-. The van der Waals surface area contributed by atoms with E-state index < -0.39 is 36.9 Å². The standard InChI is InChI=1S/C5H11N.2C3H2F6O.CH3.Ta/c1-4-5(2,3)6;2*4-2(5,6)1(10)3(7,8)9;;/h4H2,1-3H3;2*1,10H;1H3;/q;;;-1;. The maximum atomic E-state index is 11.0. The molecule has 0 heterocycles. The number of aliphatic hydroxyl groups excluding tert-OH is 2. The molecule has 173 valence electrons. The van der Waals surface area contributed by atoms with Crippen LogP contribution < -0.4 is 0 Å². The summed E-state index contributed by atoms with van der Waals surface area (Å²) in [5, 5.41) is 14.9. The predicted molar refractivity (Wildman–Crippen MR) is 69.4 cm³/mol. The van der Waals surface area contributed by atoms with Crippen molar-refractivity contribution in [3.05, 3.63) is 7.43 Å². The average molecular weight is 617 g/mol. The van der Waals surface area contributed by atoms with Crippen LogP contribution in [0.15, 0.2) is 3.34 Å². The maximum absolute atomic E-state index is 11.0. The van der Waals surface area contributed by atoms with Crippen molar-refractivity contribution in [3.63, 3.8) is 0 Å². The molecule has 0 rings (SSSR count). The Morgan fingerprint density at radius 3 is 0.857 bits per heavy atom. The fraction of sp³-hybridized carbons (Fsp3) is 0.917. The molecule has 0 aliphatic heterocycles. The second-order valence-corrected chi connectivity index (χ2v) is 5.96. The van der Waals surface area contributed by atoms with E-state index in [2.05, 4.69) is 24.1 Å². The Morgan fingerprint density at radius 1 is 0.679 bits per heavy atom. The van der Waals surface area contributed by atoms with Crippen molar-refractivity contribution in [1.29, 1.82) is 0 Å². The topological polar surface area (TPSA) is 52.8 Å². The van der Waals surface area contributed by atoms with Gasteiger partial charge in [0.15, 0.2) is 0 Å². The average Bonchev–Trinajstić information content (AvgIpc) is 2.43. The van der Waals surface area contributed by atoms with E-state index in [1.807, 2.05) is 0 Å². The van der Waals surface area contributed by atoms with E-state index in [1.165, 1.54) is 0 Å². The van der Waals surface area contributed by atoms with E-state index in [9.17, 15) is 52.7 Å². The van der Waals surface area contributed by atoms with E-state index in [-0.39, 0.29) is 13.0 Å². The number of nitrogens with zero attached hydrogens (tertiary/aromatic N) is 1. The summed E-state index contributed by atoms with van der Waals surface area (Å²) in [4.78, 5) is 0. The summed E-state index contributed by atoms with van der Waals surface area (Å²) in [5.74, 6) is 0. The molecule has 0 aromatic rings. The first-order valence-corrected chi connectivity index (χ1v) is 7.86. The Morgan fingerprint density at radius 2 is 0.857 bits per heavy atom. The molecule has 2 N–H and O–H groups in total. The molecule has 0 amide bonds. The number of aliphatic hydroxyl groups is 2. The van der Waals surface area contributed by atoms with Crippen LogP contribution in [0.2, 0.25) is 0 Å². The molecule has 28 heavy (non-hydrogen) atoms. The molecule has 0 aromatic heterocycles. The van der Waals surface area contributed by atoms with Crippen molar-refractivity contribution in [2.45, 2.75) is 69.6 Å². The van der Waals surface area contributed by atoms with E-state index in [0.717, 1.165) is 27.3 Å². The van der Waals surface area contributed by atoms with Gasteiger partial charge in [-0.3, -0.25) is 0 Å². The van der Waals surface area contributed by atoms with Gasteiger partial charge in [0.05, 0.1) is 0 Å². The van der Waals surface area contributed by atoms with E-state index in [1.54, 1.807) is 0 Å². The zero-order valence-corrected chi connectivity index (χ0v) is 17.9. The van der Waals surface area contributed by atoms with Crippen LogP contribution >= 0.6 is 0 Å². The van der Waals surface area contributed by atoms with Gasteiger partial charge in [-0.1, -0.05) is 0 Å². The summed E-state index contributed by atoms with van der Waals surface area (Å²) in [6.45, 7) is 6.48. The molecule has 0 bridgehead atoms. The van der Waals surface area contributed by atoms with Gasteiger partial charge < -0.3 is 17.6 Å². The molecule has 0 fully saturated rings. The molecule has 0 unspecified atom stereocenters. The third-order valence-corrected chi connectivity index (χ3v) is 4.32. The smallest absolute Gasteiger partial charge is 0.377 e. The summed E-state index contributed by atoms with van der Waals surface area (Å²) in [7, 11) is 0. The van der Waals surface area contributed by atoms with Crippen LogP contribution in [0, 0.1) is 7.43 Å². The second-order valence-electron chi connectivity index (χ2n) is 5.24. The SMILES string of the molecule is CCC(C)(C)[N]=[Ta].OC(C(F)(F)F)C(F)(F)F.OC(C(F)(F)F)C(F)(F)F.[CH3-]. The molecule has 16 heteroatoms. The second kappa shape index (κ2) is 12.3. The number of halogens is 12. The normalized spacial score (nSPS) is 13.1. The molecule has 0 spiro atoms. The molecule has 0 aliphatic carbocycles. The Kier molecular flexibility index (Phi) is 15.5. The minimum Gasteiger partial charge on any atom is -0.377 e. The van der Waals surface area contributed by atoms with E-state index in [4.69, 9.17) is 10.2 Å². The first-order chi connectivity index (χ1) is 11.4. The Balaban J connectivity index is -0.000000154. The molecule has 0 aliphatic rings. The van der Waals surface area contributed by atoms with Crippen molar-refractivity contribution in [3.8, 4) is 0 Å². The Bertz CT molecular complexity index is 370. The first-order valence-electron chi connectivity index (χ1n) is 6.42. The number of hydrogen-bond acceptors (Lipinski definition) is 3. The molecule has 0 saturated heterocycles. The minimum atomic E-state index is -5.63. The quantitative estimate of drug-likeness (QED) is 0.327. The van der Waals surface area contributed by atoms with Gasteiger partial charge in [0.2, 0.25) is 12.2 Å². The van der Waals surface area contributed by atoms with Gasteiger partial charge in [0.1, 0.15) is 0 Å². The van der Waals surface area contributed by atoms with E-state index in [0.29, 0.717) is 0 Å². The number of alkyl halides is 12. The van der Waals surface area contributed by atoms with Crippen LogP contribution in [0.4, 0.5) is 52.7 Å². The minimum absolute atomic E-state index is 0. The maximum Gasteiger partial charge on any atom is 0.423 e. The number of hydrogen-bond donors (Lipinski definition) is 2. The van der Waals surface area contributed by atoms with Crippen molar-refractivity contribution >= 4 is 0 Å². The Labute approximate surface area is 164 Å². The molecule has 0 radical (unpaired) electrons. The van der Waals surface area contributed by atoms with Crippen LogP contribution in [-0.4, -0.2) is 52.7 Å². The third kappa shape index (κ3) is 17.7. The first kappa shape index (κ1) is 35.1. The Hall–Kier alpha value is -0.380. The van der Waals surface area contributed by atoms with E-state index >= 15 is 0 Å². The zero-order chi connectivity index (χ0) is 23.1. The number of rotatable bonds is 2.